The SMILES string of the molecule is COc1ccc(-n2c(O)c(F)c(=O)[nH]c2=O)cc1F. The molecule has 19 heavy (non-hydrogen) atoms. The second kappa shape index (κ2) is 4.56. The standard InChI is InChI=1S/C11H8F2N2O4/c1-19-7-3-2-5(4-6(7)12)15-10(17)8(13)9(16)14-11(15)18/h2-4,17H,1H3,(H,14,16,18). The van der Waals surface area contributed by atoms with Gasteiger partial charge in [0.2, 0.25) is 11.7 Å². The van der Waals surface area contributed by atoms with Gasteiger partial charge in [0.15, 0.2) is 11.6 Å². The quantitative estimate of drug-likeness (QED) is 0.833. The van der Waals surface area contributed by atoms with Gasteiger partial charge >= 0.3 is 5.69 Å². The van der Waals surface area contributed by atoms with Gasteiger partial charge in [-0.1, -0.05) is 0 Å². The lowest BCUT2D eigenvalue weighted by Gasteiger charge is -2.09. The Labute approximate surface area is 104 Å². The number of H-pyrrole nitrogens is 1. The van der Waals surface area contributed by atoms with Crippen molar-refractivity contribution in [2.24, 2.45) is 0 Å². The second-order valence-corrected chi connectivity index (χ2v) is 3.55. The lowest BCUT2D eigenvalue weighted by molar-refractivity contribution is 0.381. The molecular formula is C11H8F2N2O4. The number of hydrogen-bond donors (Lipinski definition) is 2. The molecular weight excluding hydrogens is 262 g/mol. The smallest absolute Gasteiger partial charge is 0.335 e. The van der Waals surface area contributed by atoms with Crippen LogP contribution < -0.4 is 16.0 Å². The summed E-state index contributed by atoms with van der Waals surface area (Å²) < 4.78 is 31.8. The van der Waals surface area contributed by atoms with E-state index in [2.05, 4.69) is 4.74 Å². The van der Waals surface area contributed by atoms with Gasteiger partial charge < -0.3 is 9.84 Å². The van der Waals surface area contributed by atoms with Crippen LogP contribution in [-0.2, 0) is 0 Å². The van der Waals surface area contributed by atoms with E-state index in [1.807, 2.05) is 0 Å². The van der Waals surface area contributed by atoms with Gasteiger partial charge in [-0.15, -0.1) is 0 Å². The molecule has 0 unspecified atom stereocenters. The summed E-state index contributed by atoms with van der Waals surface area (Å²) in [6, 6.07) is 3.28. The van der Waals surface area contributed by atoms with Crippen molar-refractivity contribution in [3.05, 3.63) is 50.7 Å². The number of nitrogens with zero attached hydrogens (tertiary/aromatic N) is 1. The molecule has 1 aromatic heterocycles. The average Bonchev–Trinajstić information content (AvgIpc) is 2.36. The third kappa shape index (κ3) is 2.07. The van der Waals surface area contributed by atoms with E-state index < -0.39 is 28.8 Å². The Morgan fingerprint density at radius 1 is 1.32 bits per heavy atom. The molecule has 0 radical (unpaired) electrons. The number of aromatic nitrogens is 2. The van der Waals surface area contributed by atoms with Crippen LogP contribution in [0.4, 0.5) is 8.78 Å². The van der Waals surface area contributed by atoms with Gasteiger partial charge in [-0.25, -0.2) is 13.8 Å². The Bertz CT molecular complexity index is 751. The van der Waals surface area contributed by atoms with Crippen molar-refractivity contribution < 1.29 is 18.6 Å². The molecule has 2 aromatic rings. The first kappa shape index (κ1) is 12.8. The molecule has 0 aliphatic carbocycles. The fraction of sp³-hybridized carbons (Fsp3) is 0.0909. The van der Waals surface area contributed by atoms with E-state index in [-0.39, 0.29) is 11.4 Å². The first-order valence-electron chi connectivity index (χ1n) is 5.03. The van der Waals surface area contributed by atoms with Crippen LogP contribution in [0.25, 0.3) is 5.69 Å². The predicted octanol–water partition coefficient (Wildman–Crippen LogP) is 0.518. The van der Waals surface area contributed by atoms with E-state index in [4.69, 9.17) is 0 Å². The van der Waals surface area contributed by atoms with Gasteiger partial charge in [0.05, 0.1) is 12.8 Å². The second-order valence-electron chi connectivity index (χ2n) is 3.55. The molecule has 1 heterocycles. The highest BCUT2D eigenvalue weighted by molar-refractivity contribution is 5.40. The van der Waals surface area contributed by atoms with E-state index in [0.29, 0.717) is 4.57 Å². The fourth-order valence-electron chi connectivity index (χ4n) is 1.54. The Morgan fingerprint density at radius 2 is 2.00 bits per heavy atom. The lowest BCUT2D eigenvalue weighted by Crippen LogP contribution is -2.30. The van der Waals surface area contributed by atoms with Gasteiger partial charge in [-0.05, 0) is 12.1 Å². The molecule has 0 fully saturated rings. The number of ether oxygens (including phenoxy) is 1. The Morgan fingerprint density at radius 3 is 2.58 bits per heavy atom. The number of aromatic amines is 1. The molecule has 0 saturated carbocycles. The van der Waals surface area contributed by atoms with Crippen molar-refractivity contribution in [2.75, 3.05) is 7.11 Å². The molecule has 2 rings (SSSR count). The molecule has 0 amide bonds. The van der Waals surface area contributed by atoms with Crippen LogP contribution in [0.5, 0.6) is 11.6 Å². The zero-order chi connectivity index (χ0) is 14.2. The molecule has 0 aliphatic rings. The third-order valence-electron chi connectivity index (χ3n) is 2.42. The normalized spacial score (nSPS) is 10.5. The zero-order valence-electron chi connectivity index (χ0n) is 9.61. The molecule has 1 aromatic carbocycles. The Hall–Kier alpha value is -2.64. The molecule has 2 N–H and O–H groups in total. The minimum atomic E-state index is -1.53. The van der Waals surface area contributed by atoms with Crippen molar-refractivity contribution >= 4 is 0 Å². The summed E-state index contributed by atoms with van der Waals surface area (Å²) in [5, 5.41) is 9.44. The molecule has 0 spiro atoms. The van der Waals surface area contributed by atoms with Gasteiger partial charge in [0.25, 0.3) is 5.56 Å². The molecule has 0 saturated heterocycles. The summed E-state index contributed by atoms with van der Waals surface area (Å²) in [6.07, 6.45) is 0. The predicted molar refractivity (Wildman–Crippen MR) is 60.8 cm³/mol. The number of aromatic hydroxyl groups is 1. The molecule has 6 nitrogen and oxygen atoms in total. The number of benzene rings is 1. The summed E-state index contributed by atoms with van der Waals surface area (Å²) in [4.78, 5) is 24.1. The van der Waals surface area contributed by atoms with Crippen molar-refractivity contribution in [1.29, 1.82) is 0 Å². The molecule has 0 aliphatic heterocycles. The van der Waals surface area contributed by atoms with E-state index in [1.54, 1.807) is 4.98 Å². The van der Waals surface area contributed by atoms with Crippen LogP contribution in [0, 0.1) is 11.6 Å². The van der Waals surface area contributed by atoms with Crippen LogP contribution in [0.15, 0.2) is 27.8 Å². The summed E-state index contributed by atoms with van der Waals surface area (Å²) in [7, 11) is 1.25. The maximum atomic E-state index is 13.5. The maximum Gasteiger partial charge on any atom is 0.335 e. The van der Waals surface area contributed by atoms with Crippen molar-refractivity contribution in [2.45, 2.75) is 0 Å². The van der Waals surface area contributed by atoms with Crippen LogP contribution in [0.3, 0.4) is 0 Å². The summed E-state index contributed by atoms with van der Waals surface area (Å²) in [6.45, 7) is 0. The van der Waals surface area contributed by atoms with Crippen LogP contribution in [-0.4, -0.2) is 21.8 Å². The first-order valence-corrected chi connectivity index (χ1v) is 5.03. The number of rotatable bonds is 2. The van der Waals surface area contributed by atoms with Crippen molar-refractivity contribution in [3.63, 3.8) is 0 Å². The van der Waals surface area contributed by atoms with E-state index in [0.717, 1.165) is 6.07 Å². The van der Waals surface area contributed by atoms with Gasteiger partial charge in [0.1, 0.15) is 0 Å². The fourth-order valence-corrected chi connectivity index (χ4v) is 1.54. The van der Waals surface area contributed by atoms with Crippen molar-refractivity contribution in [1.82, 2.24) is 9.55 Å². The summed E-state index contributed by atoms with van der Waals surface area (Å²) in [5.74, 6) is -3.62. The van der Waals surface area contributed by atoms with E-state index in [1.165, 1.54) is 19.2 Å². The van der Waals surface area contributed by atoms with E-state index in [9.17, 15) is 23.5 Å². The molecule has 0 bridgehead atoms. The summed E-state index contributed by atoms with van der Waals surface area (Å²) in [5.41, 5.74) is -2.60. The van der Waals surface area contributed by atoms with Crippen LogP contribution in [0.2, 0.25) is 0 Å². The Balaban J connectivity index is 2.73. The highest BCUT2D eigenvalue weighted by Crippen LogP contribution is 2.21. The minimum Gasteiger partial charge on any atom is -0.494 e. The van der Waals surface area contributed by atoms with Gasteiger partial charge in [-0.3, -0.25) is 9.78 Å². The third-order valence-corrected chi connectivity index (χ3v) is 2.42. The molecule has 8 heteroatoms. The topological polar surface area (TPSA) is 84.3 Å². The highest BCUT2D eigenvalue weighted by Gasteiger charge is 2.16. The van der Waals surface area contributed by atoms with E-state index >= 15 is 0 Å². The van der Waals surface area contributed by atoms with Crippen LogP contribution >= 0.6 is 0 Å². The summed E-state index contributed by atoms with van der Waals surface area (Å²) >= 11 is 0. The Kier molecular flexibility index (Phi) is 3.07. The lowest BCUT2D eigenvalue weighted by atomic mass is 10.3. The first-order chi connectivity index (χ1) is 8.95. The van der Waals surface area contributed by atoms with Crippen LogP contribution in [0.1, 0.15) is 0 Å². The largest absolute Gasteiger partial charge is 0.494 e. The van der Waals surface area contributed by atoms with Gasteiger partial charge in [-0.2, -0.15) is 4.39 Å². The average molecular weight is 270 g/mol. The maximum absolute atomic E-state index is 13.5. The minimum absolute atomic E-state index is 0.0822. The zero-order valence-corrected chi connectivity index (χ0v) is 9.61. The molecule has 0 atom stereocenters. The van der Waals surface area contributed by atoms with Crippen molar-refractivity contribution in [3.8, 4) is 17.3 Å². The number of nitrogens with one attached hydrogen (secondary N) is 1. The number of halogens is 2. The highest BCUT2D eigenvalue weighted by atomic mass is 19.1. The number of hydrogen-bond acceptors (Lipinski definition) is 4. The monoisotopic (exact) mass is 270 g/mol. The van der Waals surface area contributed by atoms with Gasteiger partial charge in [0, 0.05) is 6.07 Å². The molecule has 100 valence electrons. The number of methoxy groups -OCH3 is 1.